The number of rotatable bonds is 6. The van der Waals surface area contributed by atoms with E-state index >= 15 is 0 Å². The number of pyridine rings is 2. The van der Waals surface area contributed by atoms with Crippen molar-refractivity contribution >= 4 is 50.7 Å². The lowest BCUT2D eigenvalue weighted by atomic mass is 9.86. The molecule has 0 N–H and O–H groups in total. The zero-order valence-corrected chi connectivity index (χ0v) is 32.9. The molecule has 0 saturated heterocycles. The van der Waals surface area contributed by atoms with E-state index in [1.807, 2.05) is 88.3 Å². The first-order valence-electron chi connectivity index (χ1n) is 22.2. The minimum atomic E-state index is -2.57. The molecular weight excluding hydrogens is 699 g/mol. The predicted molar refractivity (Wildman–Crippen MR) is 236 cm³/mol. The summed E-state index contributed by atoms with van der Waals surface area (Å²) in [5.41, 5.74) is 8.16. The van der Waals surface area contributed by atoms with Crippen LogP contribution in [0.1, 0.15) is 72.0 Å². The van der Waals surface area contributed by atoms with E-state index in [-0.39, 0.29) is 27.5 Å². The number of hydrogen-bond acceptors (Lipinski definition) is 3. The fraction of sp³-hybridized carbons (Fsp3) is 0.196. The molecule has 0 unspecified atom stereocenters. The van der Waals surface area contributed by atoms with Crippen molar-refractivity contribution in [2.45, 2.75) is 66.1 Å². The van der Waals surface area contributed by atoms with Crippen molar-refractivity contribution < 1.29 is 13.0 Å². The average Bonchev–Trinajstić information content (AvgIpc) is 3.78. The average molecular weight is 752 g/mol. The first-order chi connectivity index (χ1) is 29.8. The van der Waals surface area contributed by atoms with Crippen LogP contribution in [-0.2, 0) is 10.8 Å². The molecule has 5 aromatic carbocycles. The smallest absolute Gasteiger partial charge is 0.457 e. The third-order valence-corrected chi connectivity index (χ3v) is 10.6. The van der Waals surface area contributed by atoms with Gasteiger partial charge < -0.3 is 4.74 Å². The Kier molecular flexibility index (Phi) is 7.04. The van der Waals surface area contributed by atoms with E-state index in [1.54, 1.807) is 12.1 Å². The van der Waals surface area contributed by atoms with Crippen LogP contribution in [0.2, 0.25) is 0 Å². The topological polar surface area (TPSA) is 46.0 Å². The molecule has 8 aromatic rings. The highest BCUT2D eigenvalue weighted by Crippen LogP contribution is 2.43. The van der Waals surface area contributed by atoms with Gasteiger partial charge in [0.2, 0.25) is 11.4 Å². The Morgan fingerprint density at radius 1 is 0.596 bits per heavy atom. The Hall–Kier alpha value is -6.62. The van der Waals surface area contributed by atoms with Crippen LogP contribution < -0.4 is 13.9 Å². The molecule has 0 atom stereocenters. The lowest BCUT2D eigenvalue weighted by Gasteiger charge is -2.20. The van der Waals surface area contributed by atoms with Gasteiger partial charge in [-0.2, -0.15) is 0 Å². The summed E-state index contributed by atoms with van der Waals surface area (Å²) >= 11 is 0. The van der Waals surface area contributed by atoms with Gasteiger partial charge in [0.05, 0.1) is 28.2 Å². The Bertz CT molecular complexity index is 3160. The Morgan fingerprint density at radius 2 is 1.32 bits per heavy atom. The Morgan fingerprint density at radius 3 is 2.05 bits per heavy atom. The van der Waals surface area contributed by atoms with E-state index in [2.05, 4.69) is 82.4 Å². The summed E-state index contributed by atoms with van der Waals surface area (Å²) in [6.07, 6.45) is 3.67. The standard InChI is InChI=1S/C51H47N5O/c1-33-15-13-16-34(2)48(33)40-17-9-10-18-42(40)55-32-54(43-19-11-12-20-44(43)55)37-27-36(51(6,7)8)28-39(30-37)57-38-22-23-41-46(31-38)56(45-21-14-25-53-49(41)45)47-29-35(24-26-52-47)50(3,4)5/h9-31H,1-8H3/q+2/i1D3,2D3. The van der Waals surface area contributed by atoms with Gasteiger partial charge in [0.25, 0.3) is 11.4 Å². The van der Waals surface area contributed by atoms with Crippen molar-refractivity contribution in [1.82, 2.24) is 23.7 Å². The highest BCUT2D eigenvalue weighted by atomic mass is 16.5. The van der Waals surface area contributed by atoms with Crippen LogP contribution in [-0.4, -0.2) is 20.5 Å². The van der Waals surface area contributed by atoms with E-state index in [0.717, 1.165) is 50.4 Å². The summed E-state index contributed by atoms with van der Waals surface area (Å²) in [7, 11) is 0. The van der Waals surface area contributed by atoms with Crippen LogP contribution in [0.5, 0.6) is 11.5 Å². The van der Waals surface area contributed by atoms with Gasteiger partial charge in [-0.05, 0) is 110 Å². The maximum atomic E-state index is 8.41. The molecule has 0 spiro atoms. The number of fused-ring (bicyclic) bond motifs is 4. The number of benzene rings is 5. The minimum absolute atomic E-state index is 0.0305. The van der Waals surface area contributed by atoms with Gasteiger partial charge in [-0.3, -0.25) is 9.55 Å². The zero-order valence-electron chi connectivity index (χ0n) is 38.9. The second-order valence-corrected chi connectivity index (χ2v) is 16.6. The van der Waals surface area contributed by atoms with Crippen LogP contribution in [0, 0.1) is 13.7 Å². The third-order valence-electron chi connectivity index (χ3n) is 10.6. The molecule has 3 aromatic heterocycles. The molecule has 6 nitrogen and oxygen atoms in total. The Labute approximate surface area is 343 Å². The van der Waals surface area contributed by atoms with Crippen molar-refractivity contribution in [3.63, 3.8) is 0 Å². The fourth-order valence-corrected chi connectivity index (χ4v) is 7.62. The van der Waals surface area contributed by atoms with Crippen LogP contribution in [0.3, 0.4) is 0 Å². The molecule has 0 bridgehead atoms. The van der Waals surface area contributed by atoms with Crippen molar-refractivity contribution in [2.75, 3.05) is 0 Å². The maximum absolute atomic E-state index is 8.41. The molecule has 1 aliphatic heterocycles. The van der Waals surface area contributed by atoms with Gasteiger partial charge >= 0.3 is 6.01 Å². The summed E-state index contributed by atoms with van der Waals surface area (Å²) in [6.45, 7) is 7.92. The van der Waals surface area contributed by atoms with Crippen molar-refractivity contribution in [3.8, 4) is 28.4 Å². The molecule has 1 aliphatic rings. The van der Waals surface area contributed by atoms with Gasteiger partial charge in [0, 0.05) is 56.3 Å². The van der Waals surface area contributed by atoms with Crippen molar-refractivity contribution in [3.05, 3.63) is 162 Å². The lowest BCUT2D eigenvalue weighted by Crippen LogP contribution is -2.12. The van der Waals surface area contributed by atoms with Gasteiger partial charge in [0.1, 0.15) is 17.3 Å². The van der Waals surface area contributed by atoms with Gasteiger partial charge in [-0.15, -0.1) is 0 Å². The van der Waals surface area contributed by atoms with Crippen LogP contribution >= 0.6 is 0 Å². The third kappa shape index (κ3) is 6.42. The van der Waals surface area contributed by atoms with Crippen molar-refractivity contribution in [1.29, 1.82) is 0 Å². The van der Waals surface area contributed by atoms with Gasteiger partial charge in [-0.25, -0.2) is 4.98 Å². The minimum Gasteiger partial charge on any atom is -0.457 e. The Balaban J connectivity index is 1.21. The molecule has 6 heteroatoms. The van der Waals surface area contributed by atoms with Crippen molar-refractivity contribution in [2.24, 2.45) is 0 Å². The molecule has 0 fully saturated rings. The second-order valence-electron chi connectivity index (χ2n) is 16.6. The van der Waals surface area contributed by atoms with Crippen LogP contribution in [0.25, 0.3) is 38.9 Å². The summed E-state index contributed by atoms with van der Waals surface area (Å²) < 4.78 is 63.3. The molecule has 0 aliphatic carbocycles. The molecule has 57 heavy (non-hydrogen) atoms. The van der Waals surface area contributed by atoms with Gasteiger partial charge in [-0.1, -0.05) is 84.0 Å². The van der Waals surface area contributed by atoms with E-state index < -0.39 is 13.7 Å². The van der Waals surface area contributed by atoms with E-state index in [4.69, 9.17) is 22.9 Å². The number of aryl methyl sites for hydroxylation is 2. The molecular formula is C51H47N5O+2. The van der Waals surface area contributed by atoms with Crippen LogP contribution in [0.4, 0.5) is 22.7 Å². The SMILES string of the molecule is [2H]C([2H])([2H])c1cccc(C([2H])([2H])[2H])c1-c1ccccc1[N+]1=C=[N+](c2cc(Oc3ccc4c5ncccc5n(-c5cc(C(C)(C)C)ccn5)c4c3)cc(C(C)(C)C)c2)c2ccccc21. The van der Waals surface area contributed by atoms with E-state index in [1.165, 1.54) is 23.8 Å². The summed E-state index contributed by atoms with van der Waals surface area (Å²) in [5.74, 6) is 2.06. The molecule has 0 saturated carbocycles. The largest absolute Gasteiger partial charge is 0.503 e. The molecule has 280 valence electrons. The maximum Gasteiger partial charge on any atom is 0.503 e. The lowest BCUT2D eigenvalue weighted by molar-refractivity contribution is 0.479. The van der Waals surface area contributed by atoms with Crippen LogP contribution in [0.15, 0.2) is 140 Å². The summed E-state index contributed by atoms with van der Waals surface area (Å²) in [5, 5.41) is 0.982. The molecule has 9 rings (SSSR count). The summed E-state index contributed by atoms with van der Waals surface area (Å²) in [4.78, 5) is 9.61. The first kappa shape index (κ1) is 29.6. The summed E-state index contributed by atoms with van der Waals surface area (Å²) in [6, 6.07) is 43.7. The number of aromatic nitrogens is 3. The number of para-hydroxylation sites is 3. The first-order valence-corrected chi connectivity index (χ1v) is 19.2. The molecule has 0 amide bonds. The normalized spacial score (nSPS) is 14.8. The number of nitrogens with zero attached hydrogens (tertiary/aromatic N) is 5. The van der Waals surface area contributed by atoms with Gasteiger partial charge in [0.15, 0.2) is 0 Å². The second kappa shape index (κ2) is 13.5. The molecule has 4 heterocycles. The quantitative estimate of drug-likeness (QED) is 0.159. The highest BCUT2D eigenvalue weighted by molar-refractivity contribution is 6.07. The number of hydrogen-bond donors (Lipinski definition) is 0. The zero-order chi connectivity index (χ0) is 44.6. The predicted octanol–water partition coefficient (Wildman–Crippen LogP) is 13.1. The number of ether oxygens (including phenoxy) is 1. The molecule has 0 radical (unpaired) electrons. The fourth-order valence-electron chi connectivity index (χ4n) is 7.62. The monoisotopic (exact) mass is 751 g/mol. The van der Waals surface area contributed by atoms with E-state index in [9.17, 15) is 0 Å². The highest BCUT2D eigenvalue weighted by Gasteiger charge is 2.38. The van der Waals surface area contributed by atoms with E-state index in [0.29, 0.717) is 22.7 Å².